The molecule has 20 heavy (non-hydrogen) atoms. The first-order valence-electron chi connectivity index (χ1n) is 7.83. The predicted octanol–water partition coefficient (Wildman–Crippen LogP) is 3.96. The lowest BCUT2D eigenvalue weighted by atomic mass is 9.98. The zero-order valence-electron chi connectivity index (χ0n) is 12.5. The van der Waals surface area contributed by atoms with Crippen molar-refractivity contribution in [3.05, 3.63) is 35.1 Å². The Morgan fingerprint density at radius 3 is 2.80 bits per heavy atom. The number of aryl methyl sites for hydroxylation is 1. The van der Waals surface area contributed by atoms with Gasteiger partial charge in [-0.05, 0) is 49.9 Å². The highest BCUT2D eigenvalue weighted by Crippen LogP contribution is 2.20. The zero-order valence-corrected chi connectivity index (χ0v) is 12.5. The van der Waals surface area contributed by atoms with Gasteiger partial charge in [0, 0.05) is 13.2 Å². The maximum Gasteiger partial charge on any atom is 0.126 e. The van der Waals surface area contributed by atoms with E-state index in [1.807, 2.05) is 12.1 Å². The van der Waals surface area contributed by atoms with Crippen molar-refractivity contribution < 1.29 is 9.13 Å². The van der Waals surface area contributed by atoms with Crippen molar-refractivity contribution in [2.45, 2.75) is 58.1 Å². The normalized spacial score (nSPS) is 16.5. The number of benzene rings is 1. The van der Waals surface area contributed by atoms with Gasteiger partial charge in [-0.25, -0.2) is 4.39 Å². The number of ether oxygens (including phenoxy) is 1. The van der Waals surface area contributed by atoms with Crippen LogP contribution in [0, 0.1) is 12.7 Å². The maximum absolute atomic E-state index is 13.4. The van der Waals surface area contributed by atoms with E-state index in [-0.39, 0.29) is 5.82 Å². The molecule has 0 unspecified atom stereocenters. The number of rotatable bonds is 7. The van der Waals surface area contributed by atoms with Crippen LogP contribution in [0.4, 0.5) is 4.39 Å². The Morgan fingerprint density at radius 2 is 2.05 bits per heavy atom. The quantitative estimate of drug-likeness (QED) is 0.763. The summed E-state index contributed by atoms with van der Waals surface area (Å²) in [5, 5.41) is 3.34. The maximum atomic E-state index is 13.4. The van der Waals surface area contributed by atoms with E-state index in [0.29, 0.717) is 11.7 Å². The van der Waals surface area contributed by atoms with Crippen molar-refractivity contribution in [3.63, 3.8) is 0 Å². The third-order valence-electron chi connectivity index (χ3n) is 3.97. The van der Waals surface area contributed by atoms with Gasteiger partial charge in [0.2, 0.25) is 0 Å². The van der Waals surface area contributed by atoms with Gasteiger partial charge < -0.3 is 10.1 Å². The Bertz CT molecular complexity index is 402. The van der Waals surface area contributed by atoms with Gasteiger partial charge in [0.15, 0.2) is 0 Å². The Hall–Kier alpha value is -0.930. The summed E-state index contributed by atoms with van der Waals surface area (Å²) in [6, 6.07) is 5.42. The second-order valence-electron chi connectivity index (χ2n) is 5.74. The van der Waals surface area contributed by atoms with E-state index in [0.717, 1.165) is 31.7 Å². The van der Waals surface area contributed by atoms with Gasteiger partial charge in [0.05, 0.1) is 6.10 Å². The summed E-state index contributed by atoms with van der Waals surface area (Å²) in [6.07, 6.45) is 7.99. The summed E-state index contributed by atoms with van der Waals surface area (Å²) >= 11 is 0. The molecule has 0 aromatic heterocycles. The van der Waals surface area contributed by atoms with Gasteiger partial charge in [-0.1, -0.05) is 31.4 Å². The van der Waals surface area contributed by atoms with E-state index in [4.69, 9.17) is 4.74 Å². The van der Waals surface area contributed by atoms with Crippen LogP contribution in [0.3, 0.4) is 0 Å². The molecular formula is C17H26FNO. The molecule has 1 aromatic carbocycles. The molecule has 0 bridgehead atoms. The SMILES string of the molecule is Cc1ccc(CNCCCOC2CCCCC2)cc1F. The minimum atomic E-state index is -0.120. The van der Waals surface area contributed by atoms with E-state index in [1.54, 1.807) is 13.0 Å². The van der Waals surface area contributed by atoms with Crippen LogP contribution in [-0.2, 0) is 11.3 Å². The van der Waals surface area contributed by atoms with Crippen LogP contribution in [0.15, 0.2) is 18.2 Å². The van der Waals surface area contributed by atoms with Gasteiger partial charge in [-0.2, -0.15) is 0 Å². The minimum absolute atomic E-state index is 0.120. The number of halogens is 1. The number of nitrogens with one attached hydrogen (secondary N) is 1. The average Bonchev–Trinajstić information content (AvgIpc) is 2.47. The van der Waals surface area contributed by atoms with Crippen LogP contribution in [0.1, 0.15) is 49.7 Å². The average molecular weight is 279 g/mol. The van der Waals surface area contributed by atoms with Crippen molar-refractivity contribution in [3.8, 4) is 0 Å². The Morgan fingerprint density at radius 1 is 1.25 bits per heavy atom. The van der Waals surface area contributed by atoms with Crippen molar-refractivity contribution in [1.29, 1.82) is 0 Å². The van der Waals surface area contributed by atoms with Crippen LogP contribution < -0.4 is 5.32 Å². The molecule has 1 aliphatic carbocycles. The van der Waals surface area contributed by atoms with E-state index in [1.165, 1.54) is 32.1 Å². The van der Waals surface area contributed by atoms with Gasteiger partial charge >= 0.3 is 0 Å². The number of hydrogen-bond acceptors (Lipinski definition) is 2. The second kappa shape index (κ2) is 8.38. The van der Waals surface area contributed by atoms with Crippen LogP contribution in [-0.4, -0.2) is 19.3 Å². The highest BCUT2D eigenvalue weighted by Gasteiger charge is 2.12. The zero-order chi connectivity index (χ0) is 14.2. The molecule has 1 aromatic rings. The summed E-state index contributed by atoms with van der Waals surface area (Å²) in [5.41, 5.74) is 1.70. The summed E-state index contributed by atoms with van der Waals surface area (Å²) in [7, 11) is 0. The van der Waals surface area contributed by atoms with Gasteiger partial charge in [0.1, 0.15) is 5.82 Å². The van der Waals surface area contributed by atoms with E-state index in [2.05, 4.69) is 5.32 Å². The fraction of sp³-hybridized carbons (Fsp3) is 0.647. The molecule has 112 valence electrons. The third kappa shape index (κ3) is 5.22. The fourth-order valence-corrected chi connectivity index (χ4v) is 2.66. The molecule has 3 heteroatoms. The Balaban J connectivity index is 1.53. The highest BCUT2D eigenvalue weighted by molar-refractivity contribution is 5.23. The molecule has 1 aliphatic rings. The van der Waals surface area contributed by atoms with Crippen LogP contribution in [0.2, 0.25) is 0 Å². The molecule has 1 fully saturated rings. The summed E-state index contributed by atoms with van der Waals surface area (Å²) in [5.74, 6) is -0.120. The Kier molecular flexibility index (Phi) is 6.48. The van der Waals surface area contributed by atoms with Crippen molar-refractivity contribution in [2.24, 2.45) is 0 Å². The van der Waals surface area contributed by atoms with Gasteiger partial charge in [-0.15, -0.1) is 0 Å². The monoisotopic (exact) mass is 279 g/mol. The number of hydrogen-bond donors (Lipinski definition) is 1. The standard InChI is InChI=1S/C17H26FNO/c1-14-8-9-15(12-17(14)18)13-19-10-5-11-20-16-6-3-2-4-7-16/h8-9,12,16,19H,2-7,10-11,13H2,1H3. The van der Waals surface area contributed by atoms with Crippen LogP contribution in [0.25, 0.3) is 0 Å². The molecule has 0 spiro atoms. The minimum Gasteiger partial charge on any atom is -0.378 e. The molecule has 0 atom stereocenters. The lowest BCUT2D eigenvalue weighted by molar-refractivity contribution is 0.0273. The highest BCUT2D eigenvalue weighted by atomic mass is 19.1. The largest absolute Gasteiger partial charge is 0.378 e. The molecule has 2 nitrogen and oxygen atoms in total. The summed E-state index contributed by atoms with van der Waals surface area (Å²) in [4.78, 5) is 0. The van der Waals surface area contributed by atoms with E-state index in [9.17, 15) is 4.39 Å². The van der Waals surface area contributed by atoms with E-state index >= 15 is 0 Å². The first-order chi connectivity index (χ1) is 9.75. The van der Waals surface area contributed by atoms with Crippen molar-refractivity contribution >= 4 is 0 Å². The summed E-state index contributed by atoms with van der Waals surface area (Å²) < 4.78 is 19.2. The molecule has 0 amide bonds. The second-order valence-corrected chi connectivity index (χ2v) is 5.74. The first-order valence-corrected chi connectivity index (χ1v) is 7.83. The lowest BCUT2D eigenvalue weighted by Crippen LogP contribution is -2.20. The van der Waals surface area contributed by atoms with Crippen LogP contribution in [0.5, 0.6) is 0 Å². The fourth-order valence-electron chi connectivity index (χ4n) is 2.66. The van der Waals surface area contributed by atoms with Gasteiger partial charge in [0.25, 0.3) is 0 Å². The molecule has 2 rings (SSSR count). The molecule has 1 saturated carbocycles. The van der Waals surface area contributed by atoms with Gasteiger partial charge in [-0.3, -0.25) is 0 Å². The van der Waals surface area contributed by atoms with Crippen molar-refractivity contribution in [1.82, 2.24) is 5.32 Å². The predicted molar refractivity (Wildman–Crippen MR) is 80.3 cm³/mol. The molecule has 0 saturated heterocycles. The Labute approximate surface area is 121 Å². The summed E-state index contributed by atoms with van der Waals surface area (Å²) in [6.45, 7) is 4.26. The molecule has 0 heterocycles. The lowest BCUT2D eigenvalue weighted by Gasteiger charge is -2.21. The smallest absolute Gasteiger partial charge is 0.126 e. The molecule has 0 aliphatic heterocycles. The third-order valence-corrected chi connectivity index (χ3v) is 3.97. The molecular weight excluding hydrogens is 253 g/mol. The topological polar surface area (TPSA) is 21.3 Å². The molecule has 0 radical (unpaired) electrons. The first kappa shape index (κ1) is 15.5. The van der Waals surface area contributed by atoms with E-state index < -0.39 is 0 Å². The van der Waals surface area contributed by atoms with Crippen molar-refractivity contribution in [2.75, 3.05) is 13.2 Å². The molecule has 1 N–H and O–H groups in total. The van der Waals surface area contributed by atoms with Crippen LogP contribution >= 0.6 is 0 Å².